The first-order valence-corrected chi connectivity index (χ1v) is 11.3. The van der Waals surface area contributed by atoms with Crippen LogP contribution < -0.4 is 0 Å². The van der Waals surface area contributed by atoms with Crippen molar-refractivity contribution in [3.63, 3.8) is 0 Å². The molecule has 0 spiro atoms. The third-order valence-corrected chi connectivity index (χ3v) is 7.44. The molecule has 2 aliphatic heterocycles. The summed E-state index contributed by atoms with van der Waals surface area (Å²) in [5.74, 6) is -0.222. The van der Waals surface area contributed by atoms with Crippen molar-refractivity contribution in [1.29, 1.82) is 0 Å². The molecule has 1 aromatic rings. The average molecular weight is 398 g/mol. The fourth-order valence-corrected chi connectivity index (χ4v) is 5.34. The summed E-state index contributed by atoms with van der Waals surface area (Å²) in [6, 6.07) is 3.16. The zero-order valence-corrected chi connectivity index (χ0v) is 16.2. The quantitative estimate of drug-likeness (QED) is 0.705. The van der Waals surface area contributed by atoms with E-state index in [2.05, 4.69) is 4.98 Å². The van der Waals surface area contributed by atoms with Gasteiger partial charge in [-0.25, -0.2) is 13.4 Å². The van der Waals surface area contributed by atoms with Gasteiger partial charge in [0.2, 0.25) is 21.8 Å². The molecule has 0 saturated carbocycles. The molecule has 0 atom stereocenters. The average Bonchev–Trinajstić information content (AvgIpc) is 2.89. The van der Waals surface area contributed by atoms with Crippen LogP contribution in [-0.2, 0) is 19.6 Å². The van der Waals surface area contributed by atoms with Gasteiger partial charge in [-0.05, 0) is 31.4 Å². The van der Waals surface area contributed by atoms with Crippen molar-refractivity contribution in [2.24, 2.45) is 0 Å². The summed E-state index contributed by atoms with van der Waals surface area (Å²) in [4.78, 5) is 29.3. The van der Waals surface area contributed by atoms with Crippen molar-refractivity contribution in [2.75, 3.05) is 25.4 Å². The van der Waals surface area contributed by atoms with Gasteiger partial charge in [-0.3, -0.25) is 14.5 Å². The summed E-state index contributed by atoms with van der Waals surface area (Å²) < 4.78 is 27.0. The highest BCUT2D eigenvalue weighted by atomic mass is 32.2. The Morgan fingerprint density at radius 2 is 1.81 bits per heavy atom. The molecule has 2 amide bonds. The van der Waals surface area contributed by atoms with Gasteiger partial charge in [0.25, 0.3) is 0 Å². The second-order valence-corrected chi connectivity index (χ2v) is 9.42. The fraction of sp³-hybridized carbons (Fsp3) is 0.588. The lowest BCUT2D eigenvalue weighted by Gasteiger charge is -2.19. The number of hydrogen-bond acceptors (Lipinski definition) is 6. The Morgan fingerprint density at radius 3 is 2.38 bits per heavy atom. The Morgan fingerprint density at radius 1 is 1.08 bits per heavy atom. The molecular formula is C17H23N3O4S2. The lowest BCUT2D eigenvalue weighted by molar-refractivity contribution is -0.140. The second kappa shape index (κ2) is 8.49. The molecule has 3 heterocycles. The van der Waals surface area contributed by atoms with Crippen molar-refractivity contribution in [3.05, 3.63) is 18.3 Å². The minimum Gasteiger partial charge on any atom is -0.282 e. The van der Waals surface area contributed by atoms with E-state index < -0.39 is 10.0 Å². The maximum absolute atomic E-state index is 12.7. The summed E-state index contributed by atoms with van der Waals surface area (Å²) in [7, 11) is -3.51. The first kappa shape index (κ1) is 19.3. The van der Waals surface area contributed by atoms with Gasteiger partial charge < -0.3 is 0 Å². The van der Waals surface area contributed by atoms with Crippen molar-refractivity contribution in [3.8, 4) is 0 Å². The Balaban J connectivity index is 1.60. The SMILES string of the molecule is O=C1CCCN1C(=O)CSc1ccc(S(=O)(=O)N2CCCCCC2)cn1. The van der Waals surface area contributed by atoms with Gasteiger partial charge in [0.1, 0.15) is 4.90 Å². The topological polar surface area (TPSA) is 87.7 Å². The largest absolute Gasteiger partial charge is 0.282 e. The number of likely N-dealkylation sites (tertiary alicyclic amines) is 1. The third-order valence-electron chi connectivity index (χ3n) is 4.63. The zero-order valence-electron chi connectivity index (χ0n) is 14.6. The summed E-state index contributed by atoms with van der Waals surface area (Å²) in [5.41, 5.74) is 0. The first-order valence-electron chi connectivity index (χ1n) is 8.91. The van der Waals surface area contributed by atoms with Crippen molar-refractivity contribution in [2.45, 2.75) is 48.4 Å². The standard InChI is InChI=1S/C17H23N3O4S2/c21-16-6-5-11-20(16)17(22)13-25-15-8-7-14(12-18-15)26(23,24)19-9-3-1-2-4-10-19/h7-8,12H,1-6,9-11,13H2. The minimum atomic E-state index is -3.51. The fourth-order valence-electron chi connectivity index (χ4n) is 3.16. The van der Waals surface area contributed by atoms with Crippen LogP contribution in [0.2, 0.25) is 0 Å². The molecule has 2 aliphatic rings. The molecule has 9 heteroatoms. The van der Waals surface area contributed by atoms with Crippen LogP contribution in [-0.4, -0.2) is 59.8 Å². The Bertz CT molecular complexity index is 757. The predicted molar refractivity (Wildman–Crippen MR) is 98.1 cm³/mol. The van der Waals surface area contributed by atoms with Gasteiger partial charge >= 0.3 is 0 Å². The normalized spacial score (nSPS) is 19.5. The highest BCUT2D eigenvalue weighted by molar-refractivity contribution is 7.99. The summed E-state index contributed by atoms with van der Waals surface area (Å²) in [6.07, 6.45) is 6.40. The Labute approximate surface area is 158 Å². The number of carbonyl (C=O) groups is 2. The van der Waals surface area contributed by atoms with Gasteiger partial charge in [-0.15, -0.1) is 0 Å². The number of thioether (sulfide) groups is 1. The molecule has 0 aliphatic carbocycles. The van der Waals surface area contributed by atoms with Crippen molar-refractivity contribution < 1.29 is 18.0 Å². The second-order valence-electron chi connectivity index (χ2n) is 6.48. The molecule has 7 nitrogen and oxygen atoms in total. The molecule has 1 aromatic heterocycles. The number of rotatable bonds is 5. The molecule has 3 rings (SSSR count). The number of carbonyl (C=O) groups excluding carboxylic acids is 2. The zero-order chi connectivity index (χ0) is 18.6. The maximum Gasteiger partial charge on any atom is 0.244 e. The van der Waals surface area contributed by atoms with E-state index in [9.17, 15) is 18.0 Å². The number of amides is 2. The molecular weight excluding hydrogens is 374 g/mol. The monoisotopic (exact) mass is 397 g/mol. The molecule has 2 fully saturated rings. The number of aromatic nitrogens is 1. The van der Waals surface area contributed by atoms with Crippen LogP contribution in [0.1, 0.15) is 38.5 Å². The van der Waals surface area contributed by atoms with Crippen LogP contribution >= 0.6 is 11.8 Å². The van der Waals surface area contributed by atoms with E-state index in [1.807, 2.05) is 0 Å². The van der Waals surface area contributed by atoms with Crippen LogP contribution in [0.4, 0.5) is 0 Å². The minimum absolute atomic E-state index is 0.122. The van der Waals surface area contributed by atoms with E-state index in [4.69, 9.17) is 0 Å². The molecule has 0 radical (unpaired) electrons. The first-order chi connectivity index (χ1) is 12.5. The lowest BCUT2D eigenvalue weighted by Crippen LogP contribution is -2.33. The highest BCUT2D eigenvalue weighted by Crippen LogP contribution is 2.23. The number of pyridine rings is 1. The van der Waals surface area contributed by atoms with E-state index in [1.54, 1.807) is 12.1 Å². The molecule has 0 unspecified atom stereocenters. The number of hydrogen-bond donors (Lipinski definition) is 0. The smallest absolute Gasteiger partial charge is 0.244 e. The van der Waals surface area contributed by atoms with Gasteiger partial charge in [0.05, 0.1) is 10.8 Å². The van der Waals surface area contributed by atoms with Gasteiger partial charge in [0.15, 0.2) is 0 Å². The van der Waals surface area contributed by atoms with Crippen LogP contribution in [0, 0.1) is 0 Å². The van der Waals surface area contributed by atoms with E-state index in [-0.39, 0.29) is 22.5 Å². The molecule has 0 N–H and O–H groups in total. The molecule has 26 heavy (non-hydrogen) atoms. The van der Waals surface area contributed by atoms with Crippen LogP contribution in [0.15, 0.2) is 28.3 Å². The van der Waals surface area contributed by atoms with E-state index in [1.165, 1.54) is 27.2 Å². The molecule has 0 aromatic carbocycles. The van der Waals surface area contributed by atoms with Gasteiger partial charge in [-0.1, -0.05) is 24.6 Å². The molecule has 2 saturated heterocycles. The number of imide groups is 1. The Hall–Kier alpha value is -1.45. The van der Waals surface area contributed by atoms with Crippen LogP contribution in [0.3, 0.4) is 0 Å². The predicted octanol–water partition coefficient (Wildman–Crippen LogP) is 1.89. The number of nitrogens with zero attached hydrogens (tertiary/aromatic N) is 3. The highest BCUT2D eigenvalue weighted by Gasteiger charge is 2.27. The number of sulfonamides is 1. The molecule has 142 valence electrons. The lowest BCUT2D eigenvalue weighted by atomic mass is 10.2. The maximum atomic E-state index is 12.7. The van der Waals surface area contributed by atoms with Crippen LogP contribution in [0.5, 0.6) is 0 Å². The van der Waals surface area contributed by atoms with E-state index in [0.29, 0.717) is 31.1 Å². The van der Waals surface area contributed by atoms with E-state index in [0.717, 1.165) is 32.1 Å². The summed E-state index contributed by atoms with van der Waals surface area (Å²) in [6.45, 7) is 1.59. The summed E-state index contributed by atoms with van der Waals surface area (Å²) in [5, 5.41) is 0.569. The summed E-state index contributed by atoms with van der Waals surface area (Å²) >= 11 is 1.21. The van der Waals surface area contributed by atoms with Gasteiger partial charge in [-0.2, -0.15) is 4.31 Å². The van der Waals surface area contributed by atoms with Crippen LogP contribution in [0.25, 0.3) is 0 Å². The van der Waals surface area contributed by atoms with Crippen molar-refractivity contribution >= 4 is 33.6 Å². The van der Waals surface area contributed by atoms with Crippen molar-refractivity contribution in [1.82, 2.24) is 14.2 Å². The molecule has 0 bridgehead atoms. The van der Waals surface area contributed by atoms with E-state index >= 15 is 0 Å². The van der Waals surface area contributed by atoms with Gasteiger partial charge in [0, 0.05) is 32.3 Å². The third kappa shape index (κ3) is 4.44. The Kier molecular flexibility index (Phi) is 6.31.